The normalized spacial score (nSPS) is 14.8. The molecule has 3 aromatic carbocycles. The Morgan fingerprint density at radius 1 is 0.871 bits per heavy atom. The number of amides is 1. The number of hydrogen-bond acceptors (Lipinski definition) is 6. The van der Waals surface area contributed by atoms with Crippen molar-refractivity contribution in [1.82, 2.24) is 10.2 Å². The molecule has 0 bridgehead atoms. The first-order chi connectivity index (χ1) is 15.2. The van der Waals surface area contributed by atoms with Crippen LogP contribution in [0.2, 0.25) is 0 Å². The van der Waals surface area contributed by atoms with Crippen molar-refractivity contribution in [2.75, 3.05) is 11.9 Å². The second-order valence-corrected chi connectivity index (χ2v) is 7.12. The van der Waals surface area contributed by atoms with Gasteiger partial charge in [0.2, 0.25) is 6.10 Å². The van der Waals surface area contributed by atoms with E-state index in [1.807, 2.05) is 54.6 Å². The molecule has 4 aromatic rings. The van der Waals surface area contributed by atoms with Crippen molar-refractivity contribution in [3.05, 3.63) is 101 Å². The van der Waals surface area contributed by atoms with Gasteiger partial charge in [-0.2, -0.15) is 0 Å². The van der Waals surface area contributed by atoms with Crippen molar-refractivity contribution >= 4 is 11.9 Å². The van der Waals surface area contributed by atoms with E-state index in [-0.39, 0.29) is 24.4 Å². The van der Waals surface area contributed by atoms with Crippen LogP contribution >= 0.6 is 0 Å². The van der Waals surface area contributed by atoms with Gasteiger partial charge in [0.25, 0.3) is 11.8 Å². The molecular weight excluding hydrogens is 394 g/mol. The third kappa shape index (κ3) is 4.25. The zero-order valence-electron chi connectivity index (χ0n) is 16.5. The molecule has 0 saturated carbocycles. The third-order valence-electron chi connectivity index (χ3n) is 4.91. The summed E-state index contributed by atoms with van der Waals surface area (Å²) in [6, 6.07) is 25.0. The van der Waals surface area contributed by atoms with Gasteiger partial charge in [-0.1, -0.05) is 59.7 Å². The number of ether oxygens (including phenoxy) is 2. The van der Waals surface area contributed by atoms with Crippen LogP contribution in [0.15, 0.2) is 83.3 Å². The van der Waals surface area contributed by atoms with E-state index in [2.05, 4.69) is 27.6 Å². The Balaban J connectivity index is 1.22. The zero-order chi connectivity index (χ0) is 21.0. The summed E-state index contributed by atoms with van der Waals surface area (Å²) in [6.07, 6.45) is 0.271. The molecule has 1 atom stereocenters. The number of nitrogens with one attached hydrogen (secondary N) is 1. The largest absolute Gasteiger partial charge is 0.485 e. The topological polar surface area (TPSA) is 86.5 Å². The highest BCUT2D eigenvalue weighted by Gasteiger charge is 2.27. The highest BCUT2D eigenvalue weighted by molar-refractivity contribution is 6.03. The monoisotopic (exact) mass is 413 g/mol. The van der Waals surface area contributed by atoms with Crippen LogP contribution < -0.4 is 14.8 Å². The molecule has 2 heterocycles. The predicted octanol–water partition coefficient (Wildman–Crippen LogP) is 4.43. The molecule has 1 amide bonds. The molecule has 5 rings (SSSR count). The molecular formula is C24H19N3O4. The van der Waals surface area contributed by atoms with Crippen molar-refractivity contribution in [2.24, 2.45) is 0 Å². The van der Waals surface area contributed by atoms with E-state index < -0.39 is 6.10 Å². The fourth-order valence-corrected chi connectivity index (χ4v) is 3.33. The van der Waals surface area contributed by atoms with Crippen molar-refractivity contribution in [2.45, 2.75) is 12.5 Å². The van der Waals surface area contributed by atoms with Crippen LogP contribution in [-0.4, -0.2) is 22.7 Å². The number of benzene rings is 3. The standard InChI is InChI=1S/C24H19N3O4/c28-22(18-12-10-17(11-13-18)14-16-6-2-1-3-7-16)25-24-27-26-23(31-24)21-15-29-19-8-4-5-9-20(19)30-21/h1-13,21H,14-15H2,(H,25,27,28). The summed E-state index contributed by atoms with van der Waals surface area (Å²) < 4.78 is 17.1. The Morgan fingerprint density at radius 2 is 1.58 bits per heavy atom. The lowest BCUT2D eigenvalue weighted by Gasteiger charge is -2.23. The number of carbonyl (C=O) groups is 1. The summed E-state index contributed by atoms with van der Waals surface area (Å²) in [4.78, 5) is 12.5. The van der Waals surface area contributed by atoms with E-state index in [9.17, 15) is 4.79 Å². The van der Waals surface area contributed by atoms with Gasteiger partial charge in [-0.25, -0.2) is 0 Å². The SMILES string of the molecule is O=C(Nc1nnc(C2COc3ccccc3O2)o1)c1ccc(Cc2ccccc2)cc1. The molecule has 0 radical (unpaired) electrons. The molecule has 1 unspecified atom stereocenters. The molecule has 0 spiro atoms. The number of fused-ring (bicyclic) bond motifs is 1. The summed E-state index contributed by atoms with van der Waals surface area (Å²) in [5.74, 6) is 1.19. The van der Waals surface area contributed by atoms with Crippen molar-refractivity contribution in [1.29, 1.82) is 0 Å². The summed E-state index contributed by atoms with van der Waals surface area (Å²) in [5, 5.41) is 10.5. The van der Waals surface area contributed by atoms with Crippen LogP contribution in [0.1, 0.15) is 33.5 Å². The minimum Gasteiger partial charge on any atom is -0.485 e. The average molecular weight is 413 g/mol. The number of hydrogen-bond donors (Lipinski definition) is 1. The van der Waals surface area contributed by atoms with E-state index >= 15 is 0 Å². The molecule has 1 aliphatic rings. The fraction of sp³-hybridized carbons (Fsp3) is 0.125. The molecule has 7 heteroatoms. The molecule has 1 aromatic heterocycles. The molecule has 31 heavy (non-hydrogen) atoms. The van der Waals surface area contributed by atoms with Gasteiger partial charge < -0.3 is 13.9 Å². The Labute approximate surface area is 178 Å². The van der Waals surface area contributed by atoms with Crippen LogP contribution in [0, 0.1) is 0 Å². The van der Waals surface area contributed by atoms with Crippen LogP contribution in [-0.2, 0) is 6.42 Å². The number of carbonyl (C=O) groups excluding carboxylic acids is 1. The summed E-state index contributed by atoms with van der Waals surface area (Å²) in [7, 11) is 0. The highest BCUT2D eigenvalue weighted by atomic mass is 16.6. The summed E-state index contributed by atoms with van der Waals surface area (Å²) in [6.45, 7) is 0.246. The Morgan fingerprint density at radius 3 is 2.39 bits per heavy atom. The number of anilines is 1. The van der Waals surface area contributed by atoms with Crippen molar-refractivity contribution in [3.63, 3.8) is 0 Å². The van der Waals surface area contributed by atoms with Crippen LogP contribution in [0.25, 0.3) is 0 Å². The van der Waals surface area contributed by atoms with Crippen LogP contribution in [0.3, 0.4) is 0 Å². The lowest BCUT2D eigenvalue weighted by atomic mass is 10.0. The van der Waals surface area contributed by atoms with Gasteiger partial charge >= 0.3 is 6.01 Å². The van der Waals surface area contributed by atoms with Gasteiger partial charge in [0.1, 0.15) is 6.61 Å². The van der Waals surface area contributed by atoms with Crippen LogP contribution in [0.5, 0.6) is 11.5 Å². The minimum absolute atomic E-state index is 0.0100. The molecule has 1 N–H and O–H groups in total. The van der Waals surface area contributed by atoms with E-state index in [4.69, 9.17) is 13.9 Å². The molecule has 0 aliphatic carbocycles. The smallest absolute Gasteiger partial charge is 0.322 e. The van der Waals surface area contributed by atoms with E-state index in [0.29, 0.717) is 17.1 Å². The summed E-state index contributed by atoms with van der Waals surface area (Å²) >= 11 is 0. The van der Waals surface area contributed by atoms with Gasteiger partial charge in [0, 0.05) is 5.56 Å². The van der Waals surface area contributed by atoms with Crippen molar-refractivity contribution in [3.8, 4) is 11.5 Å². The molecule has 7 nitrogen and oxygen atoms in total. The lowest BCUT2D eigenvalue weighted by Crippen LogP contribution is -2.21. The summed E-state index contributed by atoms with van der Waals surface area (Å²) in [5.41, 5.74) is 2.84. The second kappa shape index (κ2) is 8.31. The van der Waals surface area contributed by atoms with E-state index in [1.54, 1.807) is 12.1 Å². The van der Waals surface area contributed by atoms with Gasteiger partial charge in [0.05, 0.1) is 0 Å². The van der Waals surface area contributed by atoms with Gasteiger partial charge in [-0.05, 0) is 41.8 Å². The first-order valence-electron chi connectivity index (χ1n) is 9.91. The Bertz CT molecular complexity index is 1190. The lowest BCUT2D eigenvalue weighted by molar-refractivity contribution is 0.0716. The maximum absolute atomic E-state index is 12.5. The average Bonchev–Trinajstić information content (AvgIpc) is 3.28. The van der Waals surface area contributed by atoms with E-state index in [1.165, 1.54) is 5.56 Å². The molecule has 1 aliphatic heterocycles. The predicted molar refractivity (Wildman–Crippen MR) is 113 cm³/mol. The number of aromatic nitrogens is 2. The van der Waals surface area contributed by atoms with Gasteiger partial charge in [0.15, 0.2) is 11.5 Å². The van der Waals surface area contributed by atoms with E-state index in [0.717, 1.165) is 12.0 Å². The van der Waals surface area contributed by atoms with Gasteiger partial charge in [-0.15, -0.1) is 5.10 Å². The zero-order valence-corrected chi connectivity index (χ0v) is 16.5. The van der Waals surface area contributed by atoms with Gasteiger partial charge in [-0.3, -0.25) is 10.1 Å². The number of nitrogens with zero attached hydrogens (tertiary/aromatic N) is 2. The third-order valence-corrected chi connectivity index (χ3v) is 4.91. The first-order valence-corrected chi connectivity index (χ1v) is 9.91. The highest BCUT2D eigenvalue weighted by Crippen LogP contribution is 2.35. The number of rotatable bonds is 5. The quantitative estimate of drug-likeness (QED) is 0.521. The Hall–Kier alpha value is -4.13. The van der Waals surface area contributed by atoms with Crippen molar-refractivity contribution < 1.29 is 18.7 Å². The Kier molecular flexibility index (Phi) is 5.06. The number of para-hydroxylation sites is 2. The maximum atomic E-state index is 12.5. The minimum atomic E-state index is -0.537. The fourth-order valence-electron chi connectivity index (χ4n) is 3.33. The first kappa shape index (κ1) is 18.9. The van der Waals surface area contributed by atoms with Crippen LogP contribution in [0.4, 0.5) is 6.01 Å². The molecule has 154 valence electrons. The molecule has 0 fully saturated rings. The second-order valence-electron chi connectivity index (χ2n) is 7.12. The molecule has 0 saturated heterocycles. The maximum Gasteiger partial charge on any atom is 0.322 e.